The summed E-state index contributed by atoms with van der Waals surface area (Å²) in [7, 11) is 0. The number of nitriles is 1. The highest BCUT2D eigenvalue weighted by atomic mass is 16.2. The third-order valence-corrected chi connectivity index (χ3v) is 2.91. The van der Waals surface area contributed by atoms with Crippen LogP contribution in [0.25, 0.3) is 0 Å². The first-order chi connectivity index (χ1) is 9.02. The zero-order chi connectivity index (χ0) is 14.0. The Morgan fingerprint density at radius 3 is 2.74 bits per heavy atom. The number of aromatic nitrogens is 2. The molecule has 1 heterocycles. The van der Waals surface area contributed by atoms with Gasteiger partial charge in [-0.2, -0.15) is 5.26 Å². The standard InChI is InChI=1S/C13H12N4O2/c1-8-4-3-5-11(9(8)2)16-17-7-10(6-14)12(18)15-13(17)19/h3-5,7,16H,1-2H3,(H,15,18,19). The van der Waals surface area contributed by atoms with E-state index in [1.807, 2.05) is 32.0 Å². The average molecular weight is 256 g/mol. The van der Waals surface area contributed by atoms with Gasteiger partial charge in [0.1, 0.15) is 11.6 Å². The highest BCUT2D eigenvalue weighted by molar-refractivity contribution is 5.53. The topological polar surface area (TPSA) is 90.7 Å². The minimum absolute atomic E-state index is 0.127. The molecule has 6 heteroatoms. The normalized spacial score (nSPS) is 9.95. The van der Waals surface area contributed by atoms with E-state index in [-0.39, 0.29) is 5.56 Å². The molecule has 0 radical (unpaired) electrons. The quantitative estimate of drug-likeness (QED) is 0.835. The summed E-state index contributed by atoms with van der Waals surface area (Å²) in [6, 6.07) is 7.35. The number of aromatic amines is 1. The fourth-order valence-electron chi connectivity index (χ4n) is 1.64. The van der Waals surface area contributed by atoms with Crippen LogP contribution < -0.4 is 16.7 Å². The SMILES string of the molecule is Cc1cccc(Nn2cc(C#N)c(=O)[nH]c2=O)c1C. The lowest BCUT2D eigenvalue weighted by Gasteiger charge is -2.12. The maximum atomic E-state index is 11.6. The molecule has 0 amide bonds. The smallest absolute Gasteiger partial charge is 0.290 e. The first kappa shape index (κ1) is 12.6. The minimum atomic E-state index is -0.688. The molecule has 1 aromatic carbocycles. The number of hydrogen-bond acceptors (Lipinski definition) is 4. The Bertz CT molecular complexity index is 780. The Balaban J connectivity index is 2.50. The fourth-order valence-corrected chi connectivity index (χ4v) is 1.64. The number of nitrogens with zero attached hydrogens (tertiary/aromatic N) is 2. The molecule has 2 aromatic rings. The first-order valence-corrected chi connectivity index (χ1v) is 5.62. The summed E-state index contributed by atoms with van der Waals surface area (Å²) in [4.78, 5) is 25.0. The van der Waals surface area contributed by atoms with Crippen molar-refractivity contribution in [1.82, 2.24) is 9.66 Å². The molecule has 0 saturated heterocycles. The van der Waals surface area contributed by atoms with Gasteiger partial charge in [0.2, 0.25) is 0 Å². The van der Waals surface area contributed by atoms with Crippen LogP contribution in [0.5, 0.6) is 0 Å². The van der Waals surface area contributed by atoms with Gasteiger partial charge in [0.25, 0.3) is 5.56 Å². The summed E-state index contributed by atoms with van der Waals surface area (Å²) in [6.45, 7) is 3.87. The highest BCUT2D eigenvalue weighted by Crippen LogP contribution is 2.17. The van der Waals surface area contributed by atoms with Gasteiger partial charge in [0, 0.05) is 0 Å². The molecular weight excluding hydrogens is 244 g/mol. The van der Waals surface area contributed by atoms with Crippen LogP contribution in [-0.4, -0.2) is 9.66 Å². The summed E-state index contributed by atoms with van der Waals surface area (Å²) in [5.74, 6) is 0. The second-order valence-corrected chi connectivity index (χ2v) is 4.14. The van der Waals surface area contributed by atoms with Gasteiger partial charge in [0.05, 0.1) is 11.9 Å². The van der Waals surface area contributed by atoms with Crippen LogP contribution in [0.4, 0.5) is 5.69 Å². The van der Waals surface area contributed by atoms with Crippen molar-refractivity contribution in [3.8, 4) is 6.07 Å². The molecule has 2 N–H and O–H groups in total. The second-order valence-electron chi connectivity index (χ2n) is 4.14. The van der Waals surface area contributed by atoms with Gasteiger partial charge in [0.15, 0.2) is 0 Å². The van der Waals surface area contributed by atoms with Crippen LogP contribution in [-0.2, 0) is 0 Å². The van der Waals surface area contributed by atoms with Crippen molar-refractivity contribution in [1.29, 1.82) is 5.26 Å². The number of hydrogen-bond donors (Lipinski definition) is 2. The molecule has 0 unspecified atom stereocenters. The Labute approximate surface area is 108 Å². The van der Waals surface area contributed by atoms with E-state index in [0.717, 1.165) is 21.5 Å². The molecule has 0 saturated carbocycles. The van der Waals surface area contributed by atoms with Gasteiger partial charge in [-0.25, -0.2) is 9.47 Å². The van der Waals surface area contributed by atoms with Crippen LogP contribution in [0.2, 0.25) is 0 Å². The third kappa shape index (κ3) is 2.40. The molecule has 0 atom stereocenters. The third-order valence-electron chi connectivity index (χ3n) is 2.91. The minimum Gasteiger partial charge on any atom is -0.290 e. The van der Waals surface area contributed by atoms with Crippen LogP contribution >= 0.6 is 0 Å². The molecule has 0 fully saturated rings. The molecule has 1 aromatic heterocycles. The zero-order valence-electron chi connectivity index (χ0n) is 10.5. The number of rotatable bonds is 2. The summed E-state index contributed by atoms with van der Waals surface area (Å²) >= 11 is 0. The Hall–Kier alpha value is -2.81. The van der Waals surface area contributed by atoms with Crippen LogP contribution in [0.1, 0.15) is 16.7 Å². The van der Waals surface area contributed by atoms with Crippen LogP contribution in [0.3, 0.4) is 0 Å². The van der Waals surface area contributed by atoms with Crippen molar-refractivity contribution in [3.63, 3.8) is 0 Å². The monoisotopic (exact) mass is 256 g/mol. The van der Waals surface area contributed by atoms with E-state index in [1.54, 1.807) is 6.07 Å². The van der Waals surface area contributed by atoms with Crippen molar-refractivity contribution in [2.24, 2.45) is 0 Å². The molecule has 19 heavy (non-hydrogen) atoms. The summed E-state index contributed by atoms with van der Waals surface area (Å²) in [5, 5.41) is 8.79. The fraction of sp³-hybridized carbons (Fsp3) is 0.154. The Kier molecular flexibility index (Phi) is 3.21. The molecule has 6 nitrogen and oxygen atoms in total. The molecule has 0 bridgehead atoms. The van der Waals surface area contributed by atoms with Gasteiger partial charge in [-0.15, -0.1) is 0 Å². The Morgan fingerprint density at radius 1 is 1.32 bits per heavy atom. The van der Waals surface area contributed by atoms with Crippen molar-refractivity contribution in [2.45, 2.75) is 13.8 Å². The van der Waals surface area contributed by atoms with Crippen molar-refractivity contribution in [3.05, 3.63) is 61.9 Å². The van der Waals surface area contributed by atoms with E-state index >= 15 is 0 Å². The van der Waals surface area contributed by atoms with Crippen LogP contribution in [0.15, 0.2) is 34.0 Å². The highest BCUT2D eigenvalue weighted by Gasteiger charge is 2.06. The Morgan fingerprint density at radius 2 is 2.05 bits per heavy atom. The number of nitrogens with one attached hydrogen (secondary N) is 2. The zero-order valence-corrected chi connectivity index (χ0v) is 10.5. The lowest BCUT2D eigenvalue weighted by atomic mass is 10.1. The number of anilines is 1. The van der Waals surface area contributed by atoms with E-state index < -0.39 is 11.2 Å². The van der Waals surface area contributed by atoms with Gasteiger partial charge in [-0.3, -0.25) is 15.2 Å². The summed E-state index contributed by atoms with van der Waals surface area (Å²) in [6.07, 6.45) is 1.18. The number of aryl methyl sites for hydroxylation is 1. The van der Waals surface area contributed by atoms with Gasteiger partial charge in [-0.05, 0) is 31.0 Å². The van der Waals surface area contributed by atoms with Crippen molar-refractivity contribution < 1.29 is 0 Å². The molecule has 0 spiro atoms. The molecule has 0 aliphatic rings. The molecular formula is C13H12N4O2. The van der Waals surface area contributed by atoms with Crippen molar-refractivity contribution >= 4 is 5.69 Å². The second kappa shape index (κ2) is 4.82. The summed E-state index contributed by atoms with van der Waals surface area (Å²) in [5.41, 5.74) is 4.22. The average Bonchev–Trinajstić information content (AvgIpc) is 2.38. The van der Waals surface area contributed by atoms with Crippen molar-refractivity contribution in [2.75, 3.05) is 5.43 Å². The lowest BCUT2D eigenvalue weighted by Crippen LogP contribution is -2.34. The molecule has 0 aliphatic carbocycles. The maximum Gasteiger partial charge on any atom is 0.347 e. The first-order valence-electron chi connectivity index (χ1n) is 5.62. The largest absolute Gasteiger partial charge is 0.347 e. The lowest BCUT2D eigenvalue weighted by molar-refractivity contribution is 0.824. The van der Waals surface area contributed by atoms with Crippen LogP contribution in [0, 0.1) is 25.2 Å². The van der Waals surface area contributed by atoms with E-state index in [4.69, 9.17) is 5.26 Å². The van der Waals surface area contributed by atoms with E-state index in [1.165, 1.54) is 6.20 Å². The summed E-state index contributed by atoms with van der Waals surface area (Å²) < 4.78 is 1.09. The van der Waals surface area contributed by atoms with E-state index in [9.17, 15) is 9.59 Å². The van der Waals surface area contributed by atoms with Gasteiger partial charge in [-0.1, -0.05) is 12.1 Å². The van der Waals surface area contributed by atoms with E-state index in [0.29, 0.717) is 0 Å². The molecule has 0 aliphatic heterocycles. The molecule has 96 valence electrons. The molecule has 2 rings (SSSR count). The number of benzene rings is 1. The van der Waals surface area contributed by atoms with Gasteiger partial charge < -0.3 is 0 Å². The predicted octanol–water partition coefficient (Wildman–Crippen LogP) is 0.900. The maximum absolute atomic E-state index is 11.6. The van der Waals surface area contributed by atoms with E-state index in [2.05, 4.69) is 10.4 Å². The van der Waals surface area contributed by atoms with Gasteiger partial charge >= 0.3 is 5.69 Å². The number of H-pyrrole nitrogens is 1. The predicted molar refractivity (Wildman–Crippen MR) is 71.0 cm³/mol.